The first-order valence-electron chi connectivity index (χ1n) is 5.32. The Morgan fingerprint density at radius 1 is 1.22 bits per heavy atom. The number of amides is 1. The SMILES string of the molecule is COCCNC(=O)c1cc(OC)c(Br)c(OC)c1. The number of nitrogens with one attached hydrogen (secondary N) is 1. The van der Waals surface area contributed by atoms with Gasteiger partial charge >= 0.3 is 0 Å². The molecule has 0 aliphatic carbocycles. The van der Waals surface area contributed by atoms with Gasteiger partial charge in [0.15, 0.2) is 0 Å². The van der Waals surface area contributed by atoms with E-state index < -0.39 is 0 Å². The number of halogens is 1. The third-order valence-electron chi connectivity index (χ3n) is 2.30. The van der Waals surface area contributed by atoms with Crippen LogP contribution in [0.3, 0.4) is 0 Å². The largest absolute Gasteiger partial charge is 0.495 e. The van der Waals surface area contributed by atoms with Gasteiger partial charge in [0.1, 0.15) is 16.0 Å². The molecule has 6 heteroatoms. The molecule has 0 saturated heterocycles. The molecule has 0 spiro atoms. The van der Waals surface area contributed by atoms with Gasteiger partial charge < -0.3 is 19.5 Å². The molecule has 18 heavy (non-hydrogen) atoms. The van der Waals surface area contributed by atoms with Crippen LogP contribution in [0, 0.1) is 0 Å². The Bertz CT molecular complexity index is 398. The van der Waals surface area contributed by atoms with E-state index in [-0.39, 0.29) is 5.91 Å². The first-order chi connectivity index (χ1) is 8.63. The molecule has 0 bridgehead atoms. The standard InChI is InChI=1S/C12H16BrNO4/c1-16-5-4-14-12(15)8-6-9(17-2)11(13)10(7-8)18-3/h6-7H,4-5H2,1-3H3,(H,14,15). The van der Waals surface area contributed by atoms with Gasteiger partial charge in [-0.1, -0.05) is 0 Å². The summed E-state index contributed by atoms with van der Waals surface area (Å²) in [4.78, 5) is 11.9. The van der Waals surface area contributed by atoms with Gasteiger partial charge in [-0.05, 0) is 28.1 Å². The average molecular weight is 318 g/mol. The smallest absolute Gasteiger partial charge is 0.251 e. The van der Waals surface area contributed by atoms with Crippen LogP contribution in [0.4, 0.5) is 0 Å². The zero-order valence-corrected chi connectivity index (χ0v) is 12.2. The fourth-order valence-corrected chi connectivity index (χ4v) is 1.92. The molecule has 0 atom stereocenters. The first-order valence-corrected chi connectivity index (χ1v) is 6.12. The van der Waals surface area contributed by atoms with Crippen LogP contribution >= 0.6 is 15.9 Å². The summed E-state index contributed by atoms with van der Waals surface area (Å²) in [5.41, 5.74) is 0.475. The van der Waals surface area contributed by atoms with Crippen molar-refractivity contribution in [1.82, 2.24) is 5.32 Å². The lowest BCUT2D eigenvalue weighted by atomic mass is 10.2. The van der Waals surface area contributed by atoms with E-state index in [0.29, 0.717) is 34.7 Å². The summed E-state index contributed by atoms with van der Waals surface area (Å²) in [6.45, 7) is 0.923. The lowest BCUT2D eigenvalue weighted by Gasteiger charge is -2.11. The average Bonchev–Trinajstić information content (AvgIpc) is 2.39. The molecule has 0 aliphatic rings. The van der Waals surface area contributed by atoms with E-state index in [9.17, 15) is 4.79 Å². The zero-order chi connectivity index (χ0) is 13.5. The van der Waals surface area contributed by atoms with E-state index in [2.05, 4.69) is 21.2 Å². The topological polar surface area (TPSA) is 56.8 Å². The Hall–Kier alpha value is -1.27. The van der Waals surface area contributed by atoms with Crippen molar-refractivity contribution in [2.75, 3.05) is 34.5 Å². The van der Waals surface area contributed by atoms with Crippen LogP contribution < -0.4 is 14.8 Å². The van der Waals surface area contributed by atoms with E-state index in [4.69, 9.17) is 14.2 Å². The van der Waals surface area contributed by atoms with Crippen molar-refractivity contribution >= 4 is 21.8 Å². The van der Waals surface area contributed by atoms with Gasteiger partial charge in [-0.2, -0.15) is 0 Å². The maximum Gasteiger partial charge on any atom is 0.251 e. The molecule has 1 rings (SSSR count). The number of hydrogen-bond donors (Lipinski definition) is 1. The predicted octanol–water partition coefficient (Wildman–Crippen LogP) is 1.84. The molecule has 0 radical (unpaired) electrons. The zero-order valence-electron chi connectivity index (χ0n) is 10.6. The molecule has 0 aliphatic heterocycles. The van der Waals surface area contributed by atoms with Crippen LogP contribution in [0.15, 0.2) is 16.6 Å². The molecular formula is C12H16BrNO4. The number of ether oxygens (including phenoxy) is 3. The van der Waals surface area contributed by atoms with E-state index in [0.717, 1.165) is 0 Å². The van der Waals surface area contributed by atoms with Crippen LogP contribution in [0.25, 0.3) is 0 Å². The van der Waals surface area contributed by atoms with Gasteiger partial charge in [0.25, 0.3) is 5.91 Å². The highest BCUT2D eigenvalue weighted by molar-refractivity contribution is 9.10. The number of methoxy groups -OCH3 is 3. The molecular weight excluding hydrogens is 302 g/mol. The Labute approximate surface area is 115 Å². The number of benzene rings is 1. The normalized spacial score (nSPS) is 10.0. The van der Waals surface area contributed by atoms with Gasteiger partial charge in [0.05, 0.1) is 20.8 Å². The monoisotopic (exact) mass is 317 g/mol. The van der Waals surface area contributed by atoms with Crippen molar-refractivity contribution in [2.24, 2.45) is 0 Å². The molecule has 0 saturated carbocycles. The Balaban J connectivity index is 2.91. The van der Waals surface area contributed by atoms with Crippen molar-refractivity contribution in [3.63, 3.8) is 0 Å². The second-order valence-electron chi connectivity index (χ2n) is 3.44. The lowest BCUT2D eigenvalue weighted by molar-refractivity contribution is 0.0936. The number of rotatable bonds is 6. The summed E-state index contributed by atoms with van der Waals surface area (Å²) in [6.07, 6.45) is 0. The molecule has 1 aromatic carbocycles. The number of hydrogen-bond acceptors (Lipinski definition) is 4. The van der Waals surface area contributed by atoms with Crippen LogP contribution in [-0.4, -0.2) is 40.4 Å². The van der Waals surface area contributed by atoms with Crippen molar-refractivity contribution in [2.45, 2.75) is 0 Å². The Kier molecular flexibility index (Phi) is 5.94. The summed E-state index contributed by atoms with van der Waals surface area (Å²) in [5.74, 6) is 0.897. The summed E-state index contributed by atoms with van der Waals surface area (Å²) >= 11 is 3.35. The van der Waals surface area contributed by atoms with Gasteiger partial charge in [0.2, 0.25) is 0 Å². The number of carbonyl (C=O) groups is 1. The van der Waals surface area contributed by atoms with Crippen molar-refractivity contribution in [1.29, 1.82) is 0 Å². The van der Waals surface area contributed by atoms with Gasteiger partial charge in [-0.25, -0.2) is 0 Å². The van der Waals surface area contributed by atoms with Gasteiger partial charge in [-0.15, -0.1) is 0 Å². The van der Waals surface area contributed by atoms with Crippen molar-refractivity contribution < 1.29 is 19.0 Å². The lowest BCUT2D eigenvalue weighted by Crippen LogP contribution is -2.27. The molecule has 1 aromatic rings. The van der Waals surface area contributed by atoms with Crippen LogP contribution in [0.2, 0.25) is 0 Å². The quantitative estimate of drug-likeness (QED) is 0.813. The maximum absolute atomic E-state index is 11.9. The van der Waals surface area contributed by atoms with Gasteiger partial charge in [0, 0.05) is 19.2 Å². The third-order valence-corrected chi connectivity index (χ3v) is 3.08. The first kappa shape index (κ1) is 14.8. The Morgan fingerprint density at radius 3 is 2.22 bits per heavy atom. The highest BCUT2D eigenvalue weighted by Crippen LogP contribution is 2.35. The molecule has 1 N–H and O–H groups in total. The summed E-state index contributed by atoms with van der Waals surface area (Å²) in [6, 6.07) is 3.30. The minimum atomic E-state index is -0.198. The molecule has 100 valence electrons. The highest BCUT2D eigenvalue weighted by atomic mass is 79.9. The predicted molar refractivity (Wildman–Crippen MR) is 71.5 cm³/mol. The minimum Gasteiger partial charge on any atom is -0.495 e. The van der Waals surface area contributed by atoms with Crippen molar-refractivity contribution in [3.05, 3.63) is 22.2 Å². The summed E-state index contributed by atoms with van der Waals surface area (Å²) in [5, 5.41) is 2.73. The summed E-state index contributed by atoms with van der Waals surface area (Å²) < 4.78 is 15.9. The van der Waals surface area contributed by atoms with E-state index in [1.54, 1.807) is 19.2 Å². The molecule has 5 nitrogen and oxygen atoms in total. The molecule has 0 aromatic heterocycles. The van der Waals surface area contributed by atoms with Crippen LogP contribution in [0.1, 0.15) is 10.4 Å². The Morgan fingerprint density at radius 2 is 1.78 bits per heavy atom. The van der Waals surface area contributed by atoms with E-state index >= 15 is 0 Å². The van der Waals surface area contributed by atoms with E-state index in [1.165, 1.54) is 14.2 Å². The second-order valence-corrected chi connectivity index (χ2v) is 4.24. The molecule has 0 heterocycles. The van der Waals surface area contributed by atoms with Crippen LogP contribution in [0.5, 0.6) is 11.5 Å². The fourth-order valence-electron chi connectivity index (χ4n) is 1.37. The molecule has 0 fully saturated rings. The molecule has 1 amide bonds. The fraction of sp³-hybridized carbons (Fsp3) is 0.417. The maximum atomic E-state index is 11.9. The summed E-state index contributed by atoms with van der Waals surface area (Å²) in [7, 11) is 4.65. The van der Waals surface area contributed by atoms with Crippen molar-refractivity contribution in [3.8, 4) is 11.5 Å². The minimum absolute atomic E-state index is 0.198. The second kappa shape index (κ2) is 7.23. The molecule has 0 unspecified atom stereocenters. The van der Waals surface area contributed by atoms with E-state index in [1.807, 2.05) is 0 Å². The number of carbonyl (C=O) groups excluding carboxylic acids is 1. The third kappa shape index (κ3) is 3.61. The van der Waals surface area contributed by atoms with Gasteiger partial charge in [-0.3, -0.25) is 4.79 Å². The van der Waals surface area contributed by atoms with Crippen LogP contribution in [-0.2, 0) is 4.74 Å². The highest BCUT2D eigenvalue weighted by Gasteiger charge is 2.14.